The molecule has 1 atom stereocenters. The molecule has 3 fully saturated rings. The summed E-state index contributed by atoms with van der Waals surface area (Å²) in [5.41, 5.74) is 0.291. The van der Waals surface area contributed by atoms with Gasteiger partial charge in [0, 0.05) is 31.1 Å². The molecule has 1 heterocycles. The molecule has 1 saturated heterocycles. The fraction of sp³-hybridized carbons (Fsp3) is 0.625. The largest absolute Gasteiger partial charge is 0.447 e. The number of nitrogens with zero attached hydrogens (tertiary/aromatic N) is 1. The van der Waals surface area contributed by atoms with E-state index in [1.165, 1.54) is 0 Å². The molecule has 0 spiro atoms. The van der Waals surface area contributed by atoms with E-state index in [4.69, 9.17) is 9.47 Å². The standard InChI is InChI=1S/C24H32N2O5/c27-20(26-12-14-30-15-13-26)16-24(10-4-5-11-24)17-21(28)31-22(18-6-2-1-3-7-18)23(29)25-19-8-9-19/h1-3,6-7,19,22H,4-5,8-17H2,(H,25,29). The molecule has 7 nitrogen and oxygen atoms in total. The zero-order valence-corrected chi connectivity index (χ0v) is 18.0. The van der Waals surface area contributed by atoms with E-state index in [-0.39, 0.29) is 29.7 Å². The van der Waals surface area contributed by atoms with Crippen LogP contribution in [0.5, 0.6) is 0 Å². The lowest BCUT2D eigenvalue weighted by Crippen LogP contribution is -2.43. The van der Waals surface area contributed by atoms with Gasteiger partial charge in [-0.1, -0.05) is 43.2 Å². The summed E-state index contributed by atoms with van der Waals surface area (Å²) in [4.78, 5) is 40.5. The van der Waals surface area contributed by atoms with Crippen LogP contribution in [0.2, 0.25) is 0 Å². The lowest BCUT2D eigenvalue weighted by Gasteiger charge is -2.33. The van der Waals surface area contributed by atoms with Crippen molar-refractivity contribution >= 4 is 17.8 Å². The summed E-state index contributed by atoms with van der Waals surface area (Å²) in [7, 11) is 0. The number of benzene rings is 1. The molecular weight excluding hydrogens is 396 g/mol. The van der Waals surface area contributed by atoms with Gasteiger partial charge in [0.1, 0.15) is 0 Å². The van der Waals surface area contributed by atoms with Crippen molar-refractivity contribution in [3.8, 4) is 0 Å². The predicted molar refractivity (Wildman–Crippen MR) is 114 cm³/mol. The van der Waals surface area contributed by atoms with Crippen LogP contribution in [-0.2, 0) is 23.9 Å². The predicted octanol–water partition coefficient (Wildman–Crippen LogP) is 2.75. The van der Waals surface area contributed by atoms with Crippen LogP contribution in [-0.4, -0.2) is 55.0 Å². The molecule has 1 aromatic carbocycles. The van der Waals surface area contributed by atoms with Crippen LogP contribution < -0.4 is 5.32 Å². The number of hydrogen-bond acceptors (Lipinski definition) is 5. The minimum absolute atomic E-state index is 0.0871. The van der Waals surface area contributed by atoms with Crippen LogP contribution in [0.4, 0.5) is 0 Å². The second-order valence-corrected chi connectivity index (χ2v) is 9.12. The maximum Gasteiger partial charge on any atom is 0.307 e. The maximum atomic E-state index is 13.0. The first-order chi connectivity index (χ1) is 15.0. The molecule has 31 heavy (non-hydrogen) atoms. The molecule has 7 heteroatoms. The van der Waals surface area contributed by atoms with Crippen LogP contribution in [0.1, 0.15) is 63.0 Å². The van der Waals surface area contributed by atoms with Crippen molar-refractivity contribution in [1.29, 1.82) is 0 Å². The molecule has 0 aromatic heterocycles. The van der Waals surface area contributed by atoms with Crippen molar-refractivity contribution in [2.75, 3.05) is 26.3 Å². The number of hydrogen-bond donors (Lipinski definition) is 1. The highest BCUT2D eigenvalue weighted by atomic mass is 16.5. The Balaban J connectivity index is 1.42. The Kier molecular flexibility index (Phi) is 6.90. The van der Waals surface area contributed by atoms with Crippen LogP contribution in [0, 0.1) is 5.41 Å². The second kappa shape index (κ2) is 9.81. The van der Waals surface area contributed by atoms with Gasteiger partial charge < -0.3 is 19.7 Å². The third-order valence-electron chi connectivity index (χ3n) is 6.59. The minimum Gasteiger partial charge on any atom is -0.447 e. The normalized spacial score (nSPS) is 21.4. The van der Waals surface area contributed by atoms with E-state index in [1.54, 1.807) is 12.1 Å². The van der Waals surface area contributed by atoms with Crippen molar-refractivity contribution in [1.82, 2.24) is 10.2 Å². The Morgan fingerprint density at radius 2 is 1.74 bits per heavy atom. The van der Waals surface area contributed by atoms with E-state index in [0.717, 1.165) is 38.5 Å². The molecule has 0 bridgehead atoms. The minimum atomic E-state index is -0.956. The SMILES string of the molecule is O=C(CC1(CC(=O)N2CCOCC2)CCCC1)OC(C(=O)NC1CC1)c1ccccc1. The topological polar surface area (TPSA) is 84.9 Å². The third kappa shape index (κ3) is 5.85. The fourth-order valence-electron chi connectivity index (χ4n) is 4.67. The first-order valence-electron chi connectivity index (χ1n) is 11.5. The summed E-state index contributed by atoms with van der Waals surface area (Å²) in [6.45, 7) is 2.35. The van der Waals surface area contributed by atoms with Gasteiger partial charge in [0.2, 0.25) is 12.0 Å². The number of nitrogens with one attached hydrogen (secondary N) is 1. The van der Waals surface area contributed by atoms with Crippen molar-refractivity contribution in [3.63, 3.8) is 0 Å². The third-order valence-corrected chi connectivity index (χ3v) is 6.59. The summed E-state index contributed by atoms with van der Waals surface area (Å²) in [6, 6.07) is 9.33. The Labute approximate surface area is 183 Å². The number of amides is 2. The smallest absolute Gasteiger partial charge is 0.307 e. The van der Waals surface area contributed by atoms with Gasteiger partial charge in [-0.05, 0) is 31.1 Å². The summed E-state index contributed by atoms with van der Waals surface area (Å²) < 4.78 is 11.1. The Hall–Kier alpha value is -2.41. The molecular formula is C24H32N2O5. The number of carbonyl (C=O) groups excluding carboxylic acids is 3. The summed E-state index contributed by atoms with van der Waals surface area (Å²) in [5.74, 6) is -0.590. The number of morpholine rings is 1. The number of ether oxygens (including phenoxy) is 2. The summed E-state index contributed by atoms with van der Waals surface area (Å²) in [6.07, 6.45) is 5.19. The second-order valence-electron chi connectivity index (χ2n) is 9.12. The summed E-state index contributed by atoms with van der Waals surface area (Å²) >= 11 is 0. The van der Waals surface area contributed by atoms with Gasteiger partial charge in [-0.3, -0.25) is 14.4 Å². The van der Waals surface area contributed by atoms with Crippen LogP contribution >= 0.6 is 0 Å². The molecule has 168 valence electrons. The molecule has 1 aromatic rings. The number of carbonyl (C=O) groups is 3. The fourth-order valence-corrected chi connectivity index (χ4v) is 4.67. The number of esters is 1. The van der Waals surface area contributed by atoms with Crippen molar-refractivity contribution in [2.45, 2.75) is 63.5 Å². The van der Waals surface area contributed by atoms with Gasteiger partial charge in [0.25, 0.3) is 5.91 Å². The highest BCUT2D eigenvalue weighted by Gasteiger charge is 2.41. The van der Waals surface area contributed by atoms with Gasteiger partial charge in [-0.2, -0.15) is 0 Å². The van der Waals surface area contributed by atoms with Gasteiger partial charge in [-0.25, -0.2) is 0 Å². The Morgan fingerprint density at radius 1 is 1.06 bits per heavy atom. The highest BCUT2D eigenvalue weighted by molar-refractivity contribution is 5.86. The highest BCUT2D eigenvalue weighted by Crippen LogP contribution is 2.45. The Morgan fingerprint density at radius 3 is 2.39 bits per heavy atom. The summed E-state index contributed by atoms with van der Waals surface area (Å²) in [5, 5.41) is 2.95. The molecule has 4 rings (SSSR count). The molecule has 3 aliphatic rings. The monoisotopic (exact) mass is 428 g/mol. The van der Waals surface area contributed by atoms with E-state index in [1.807, 2.05) is 23.1 Å². The first kappa shape index (κ1) is 21.8. The lowest BCUT2D eigenvalue weighted by atomic mass is 9.79. The quantitative estimate of drug-likeness (QED) is 0.644. The molecule has 1 unspecified atom stereocenters. The Bertz CT molecular complexity index is 780. The van der Waals surface area contributed by atoms with E-state index >= 15 is 0 Å². The van der Waals surface area contributed by atoms with E-state index in [9.17, 15) is 14.4 Å². The van der Waals surface area contributed by atoms with E-state index < -0.39 is 12.1 Å². The van der Waals surface area contributed by atoms with Gasteiger partial charge in [0.05, 0.1) is 19.6 Å². The molecule has 0 radical (unpaired) electrons. The van der Waals surface area contributed by atoms with Crippen LogP contribution in [0.3, 0.4) is 0 Å². The van der Waals surface area contributed by atoms with E-state index in [0.29, 0.717) is 38.3 Å². The zero-order chi connectivity index (χ0) is 21.7. The van der Waals surface area contributed by atoms with Crippen LogP contribution in [0.25, 0.3) is 0 Å². The van der Waals surface area contributed by atoms with Gasteiger partial charge >= 0.3 is 5.97 Å². The van der Waals surface area contributed by atoms with Crippen molar-refractivity contribution < 1.29 is 23.9 Å². The van der Waals surface area contributed by atoms with Crippen LogP contribution in [0.15, 0.2) is 30.3 Å². The molecule has 1 N–H and O–H groups in total. The molecule has 2 aliphatic carbocycles. The average Bonchev–Trinajstić information content (AvgIpc) is 3.49. The first-order valence-corrected chi connectivity index (χ1v) is 11.5. The van der Waals surface area contributed by atoms with Crippen molar-refractivity contribution in [3.05, 3.63) is 35.9 Å². The maximum absolute atomic E-state index is 13.0. The van der Waals surface area contributed by atoms with Gasteiger partial charge in [-0.15, -0.1) is 0 Å². The molecule has 2 saturated carbocycles. The average molecular weight is 429 g/mol. The molecule has 2 amide bonds. The molecule has 1 aliphatic heterocycles. The van der Waals surface area contributed by atoms with Crippen molar-refractivity contribution in [2.24, 2.45) is 5.41 Å². The van der Waals surface area contributed by atoms with E-state index in [2.05, 4.69) is 5.32 Å². The lowest BCUT2D eigenvalue weighted by molar-refractivity contribution is -0.159. The zero-order valence-electron chi connectivity index (χ0n) is 18.0. The van der Waals surface area contributed by atoms with Gasteiger partial charge in [0.15, 0.2) is 0 Å². The number of rotatable bonds is 8.